The first-order valence-corrected chi connectivity index (χ1v) is 6.77. The number of carbonyl (C=O) groups is 1. The average molecular weight is 386 g/mol. The van der Waals surface area contributed by atoms with Crippen LogP contribution in [0.2, 0.25) is 0 Å². The SMILES string of the molecule is CC(Oc1ccc(Oc2ncc(I)cn2)cc1)C(=O)O. The second kappa shape index (κ2) is 6.51. The number of halogens is 1. The van der Waals surface area contributed by atoms with E-state index in [0.29, 0.717) is 11.5 Å². The predicted molar refractivity (Wildman–Crippen MR) is 79.0 cm³/mol. The zero-order valence-electron chi connectivity index (χ0n) is 10.5. The molecule has 2 aromatic rings. The van der Waals surface area contributed by atoms with Gasteiger partial charge in [0, 0.05) is 16.0 Å². The lowest BCUT2D eigenvalue weighted by Crippen LogP contribution is -2.22. The molecule has 0 spiro atoms. The molecule has 0 saturated heterocycles. The summed E-state index contributed by atoms with van der Waals surface area (Å²) < 4.78 is 11.6. The highest BCUT2D eigenvalue weighted by Crippen LogP contribution is 2.22. The molecule has 0 amide bonds. The topological polar surface area (TPSA) is 81.5 Å². The maximum atomic E-state index is 10.7. The summed E-state index contributed by atoms with van der Waals surface area (Å²) in [5, 5.41) is 8.75. The number of hydrogen-bond acceptors (Lipinski definition) is 5. The van der Waals surface area contributed by atoms with E-state index in [1.54, 1.807) is 36.7 Å². The zero-order valence-corrected chi connectivity index (χ0v) is 12.6. The Balaban J connectivity index is 2.01. The molecule has 0 fully saturated rings. The molecule has 0 bridgehead atoms. The predicted octanol–water partition coefficient (Wildman–Crippen LogP) is 2.73. The summed E-state index contributed by atoms with van der Waals surface area (Å²) in [7, 11) is 0. The third kappa shape index (κ3) is 4.05. The van der Waals surface area contributed by atoms with Crippen molar-refractivity contribution in [3.63, 3.8) is 0 Å². The maximum Gasteiger partial charge on any atom is 0.344 e. The van der Waals surface area contributed by atoms with Gasteiger partial charge in [-0.3, -0.25) is 0 Å². The van der Waals surface area contributed by atoms with Gasteiger partial charge in [0.15, 0.2) is 6.10 Å². The number of nitrogens with zero attached hydrogens (tertiary/aromatic N) is 2. The Labute approximate surface area is 128 Å². The summed E-state index contributed by atoms with van der Waals surface area (Å²) in [5.74, 6) is -0.0186. The van der Waals surface area contributed by atoms with Crippen molar-refractivity contribution in [2.75, 3.05) is 0 Å². The van der Waals surface area contributed by atoms with Gasteiger partial charge in [0.1, 0.15) is 11.5 Å². The van der Waals surface area contributed by atoms with Crippen LogP contribution in [0.4, 0.5) is 0 Å². The van der Waals surface area contributed by atoms with Crippen molar-refractivity contribution < 1.29 is 19.4 Å². The summed E-state index contributed by atoms with van der Waals surface area (Å²) in [5.41, 5.74) is 0. The van der Waals surface area contributed by atoms with Gasteiger partial charge in [0.2, 0.25) is 0 Å². The van der Waals surface area contributed by atoms with Gasteiger partial charge in [-0.15, -0.1) is 0 Å². The van der Waals surface area contributed by atoms with Crippen LogP contribution in [0.3, 0.4) is 0 Å². The molecule has 1 heterocycles. The zero-order chi connectivity index (χ0) is 14.5. The van der Waals surface area contributed by atoms with E-state index in [0.717, 1.165) is 3.57 Å². The molecule has 7 heteroatoms. The second-order valence-corrected chi connectivity index (χ2v) is 5.10. The van der Waals surface area contributed by atoms with E-state index in [1.807, 2.05) is 0 Å². The Hall–Kier alpha value is -1.90. The number of benzene rings is 1. The first kappa shape index (κ1) is 14.5. The van der Waals surface area contributed by atoms with Gasteiger partial charge in [-0.2, -0.15) is 0 Å². The number of carboxylic acids is 1. The first-order valence-electron chi connectivity index (χ1n) is 5.69. The molecule has 2 rings (SSSR count). The van der Waals surface area contributed by atoms with Crippen LogP contribution in [0.5, 0.6) is 17.5 Å². The fourth-order valence-electron chi connectivity index (χ4n) is 1.30. The smallest absolute Gasteiger partial charge is 0.344 e. The molecule has 6 nitrogen and oxygen atoms in total. The van der Waals surface area contributed by atoms with Crippen LogP contribution in [0.15, 0.2) is 36.7 Å². The van der Waals surface area contributed by atoms with Crippen molar-refractivity contribution in [2.24, 2.45) is 0 Å². The molecular formula is C13H11IN2O4. The summed E-state index contributed by atoms with van der Waals surface area (Å²) in [6, 6.07) is 6.82. The number of aromatic nitrogens is 2. The van der Waals surface area contributed by atoms with Crippen LogP contribution in [-0.4, -0.2) is 27.1 Å². The summed E-state index contributed by atoms with van der Waals surface area (Å²) in [6.07, 6.45) is 2.39. The first-order chi connectivity index (χ1) is 9.54. The molecule has 104 valence electrons. The third-order valence-corrected chi connectivity index (χ3v) is 2.85. The van der Waals surface area contributed by atoms with E-state index in [4.69, 9.17) is 14.6 Å². The Morgan fingerprint density at radius 1 is 1.20 bits per heavy atom. The highest BCUT2D eigenvalue weighted by Gasteiger charge is 2.12. The van der Waals surface area contributed by atoms with Crippen LogP contribution in [0, 0.1) is 3.57 Å². The summed E-state index contributed by atoms with van der Waals surface area (Å²) in [6.45, 7) is 1.46. The lowest BCUT2D eigenvalue weighted by molar-refractivity contribution is -0.144. The number of aliphatic carboxylic acids is 1. The Kier molecular flexibility index (Phi) is 4.72. The van der Waals surface area contributed by atoms with Crippen LogP contribution < -0.4 is 9.47 Å². The van der Waals surface area contributed by atoms with Crippen LogP contribution in [-0.2, 0) is 4.79 Å². The minimum absolute atomic E-state index is 0.248. The van der Waals surface area contributed by atoms with Crippen molar-refractivity contribution in [1.82, 2.24) is 9.97 Å². The van der Waals surface area contributed by atoms with E-state index in [1.165, 1.54) is 6.92 Å². The molecule has 1 atom stereocenters. The highest BCUT2D eigenvalue weighted by atomic mass is 127. The molecule has 0 saturated carbocycles. The lowest BCUT2D eigenvalue weighted by Gasteiger charge is -2.10. The van der Waals surface area contributed by atoms with Crippen LogP contribution in [0.25, 0.3) is 0 Å². The minimum atomic E-state index is -1.02. The number of carboxylic acid groups (broad SMARTS) is 1. The number of hydrogen-bond donors (Lipinski definition) is 1. The van der Waals surface area contributed by atoms with Gasteiger partial charge in [0.05, 0.1) is 0 Å². The molecule has 0 aliphatic rings. The van der Waals surface area contributed by atoms with Crippen molar-refractivity contribution in [3.8, 4) is 17.5 Å². The van der Waals surface area contributed by atoms with Crippen molar-refractivity contribution >= 4 is 28.6 Å². The van der Waals surface area contributed by atoms with Crippen molar-refractivity contribution in [2.45, 2.75) is 13.0 Å². The lowest BCUT2D eigenvalue weighted by atomic mass is 10.3. The van der Waals surface area contributed by atoms with Gasteiger partial charge >= 0.3 is 12.0 Å². The molecule has 1 unspecified atom stereocenters. The molecule has 0 aliphatic carbocycles. The quantitative estimate of drug-likeness (QED) is 0.796. The summed E-state index contributed by atoms with van der Waals surface area (Å²) >= 11 is 2.10. The minimum Gasteiger partial charge on any atom is -0.479 e. The molecule has 0 aliphatic heterocycles. The van der Waals surface area contributed by atoms with Gasteiger partial charge < -0.3 is 14.6 Å². The van der Waals surface area contributed by atoms with E-state index < -0.39 is 12.1 Å². The van der Waals surface area contributed by atoms with E-state index in [-0.39, 0.29) is 6.01 Å². The highest BCUT2D eigenvalue weighted by molar-refractivity contribution is 14.1. The van der Waals surface area contributed by atoms with Crippen LogP contribution in [0.1, 0.15) is 6.92 Å². The summed E-state index contributed by atoms with van der Waals surface area (Å²) in [4.78, 5) is 18.7. The average Bonchev–Trinajstić information content (AvgIpc) is 2.43. The van der Waals surface area contributed by atoms with E-state index in [2.05, 4.69) is 32.6 Å². The van der Waals surface area contributed by atoms with Gasteiger partial charge in [-0.05, 0) is 53.8 Å². The fourth-order valence-corrected chi connectivity index (χ4v) is 1.58. The van der Waals surface area contributed by atoms with Crippen molar-refractivity contribution in [3.05, 3.63) is 40.2 Å². The third-order valence-electron chi connectivity index (χ3n) is 2.29. The molecule has 1 N–H and O–H groups in total. The van der Waals surface area contributed by atoms with Gasteiger partial charge in [-0.1, -0.05) is 0 Å². The Morgan fingerprint density at radius 2 is 1.75 bits per heavy atom. The maximum absolute atomic E-state index is 10.7. The Morgan fingerprint density at radius 3 is 2.30 bits per heavy atom. The number of ether oxygens (including phenoxy) is 2. The number of rotatable bonds is 5. The molecule has 20 heavy (non-hydrogen) atoms. The van der Waals surface area contributed by atoms with Crippen molar-refractivity contribution in [1.29, 1.82) is 0 Å². The Bertz CT molecular complexity index is 586. The second-order valence-electron chi connectivity index (χ2n) is 3.86. The molecule has 1 aromatic heterocycles. The van der Waals surface area contributed by atoms with E-state index >= 15 is 0 Å². The van der Waals surface area contributed by atoms with E-state index in [9.17, 15) is 4.79 Å². The standard InChI is InChI=1S/C13H11IN2O4/c1-8(12(17)18)19-10-2-4-11(5-3-10)20-13-15-6-9(14)7-16-13/h2-8H,1H3,(H,17,18). The molecular weight excluding hydrogens is 375 g/mol. The molecule has 0 radical (unpaired) electrons. The van der Waals surface area contributed by atoms with Gasteiger partial charge in [-0.25, -0.2) is 14.8 Å². The molecule has 1 aromatic carbocycles. The largest absolute Gasteiger partial charge is 0.479 e. The van der Waals surface area contributed by atoms with Crippen LogP contribution >= 0.6 is 22.6 Å². The monoisotopic (exact) mass is 386 g/mol. The normalized spacial score (nSPS) is 11.7. The fraction of sp³-hybridized carbons (Fsp3) is 0.154. The van der Waals surface area contributed by atoms with Gasteiger partial charge in [0.25, 0.3) is 0 Å².